The Hall–Kier alpha value is -1.23. The number of carbonyl (C=O) groups is 1. The number of rotatable bonds is 1. The molecule has 0 N–H and O–H groups in total. The molecule has 1 aromatic carbocycles. The van der Waals surface area contributed by atoms with Crippen molar-refractivity contribution in [2.75, 3.05) is 6.61 Å². The van der Waals surface area contributed by atoms with Crippen molar-refractivity contribution in [2.24, 2.45) is 0 Å². The maximum atomic E-state index is 11.9. The fraction of sp³-hybridized carbons (Fsp3) is 0.214. The van der Waals surface area contributed by atoms with E-state index in [2.05, 4.69) is 15.9 Å². The lowest BCUT2D eigenvalue weighted by Gasteiger charge is -2.24. The average Bonchev–Trinajstić information content (AvgIpc) is 2.81. The van der Waals surface area contributed by atoms with Gasteiger partial charge >= 0.3 is 0 Å². The Balaban J connectivity index is 1.87. The first-order chi connectivity index (χ1) is 8.70. The third-order valence-electron chi connectivity index (χ3n) is 3.00. The van der Waals surface area contributed by atoms with Gasteiger partial charge in [-0.2, -0.15) is 0 Å². The van der Waals surface area contributed by atoms with E-state index in [4.69, 9.17) is 9.47 Å². The van der Waals surface area contributed by atoms with Gasteiger partial charge in [0.15, 0.2) is 0 Å². The first kappa shape index (κ1) is 11.8. The second-order valence-corrected chi connectivity index (χ2v) is 5.14. The number of ketones is 1. The van der Waals surface area contributed by atoms with Gasteiger partial charge in [-0.3, -0.25) is 4.79 Å². The summed E-state index contributed by atoms with van der Waals surface area (Å²) < 4.78 is 12.2. The van der Waals surface area contributed by atoms with Crippen molar-refractivity contribution in [3.05, 3.63) is 58.6 Å². The van der Waals surface area contributed by atoms with Crippen LogP contribution in [0.5, 0.6) is 0 Å². The Labute approximate surface area is 113 Å². The first-order valence-corrected chi connectivity index (χ1v) is 6.46. The van der Waals surface area contributed by atoms with Crippen LogP contribution in [0.15, 0.2) is 53.0 Å². The second kappa shape index (κ2) is 4.46. The van der Waals surface area contributed by atoms with Crippen molar-refractivity contribution in [3.8, 4) is 0 Å². The van der Waals surface area contributed by atoms with Gasteiger partial charge in [0.1, 0.15) is 6.10 Å². The molecule has 1 aliphatic carbocycles. The number of ether oxygens (including phenoxy) is 2. The maximum absolute atomic E-state index is 11.9. The van der Waals surface area contributed by atoms with Crippen molar-refractivity contribution in [3.63, 3.8) is 0 Å². The molecule has 2 aliphatic rings. The minimum atomic E-state index is -1.26. The van der Waals surface area contributed by atoms with Gasteiger partial charge in [0, 0.05) is 4.48 Å². The van der Waals surface area contributed by atoms with E-state index in [0.29, 0.717) is 6.61 Å². The molecule has 1 fully saturated rings. The average molecular weight is 307 g/mol. The summed E-state index contributed by atoms with van der Waals surface area (Å²) >= 11 is 3.34. The lowest BCUT2D eigenvalue weighted by molar-refractivity contribution is -0.163. The normalized spacial score (nSPS) is 30.8. The number of benzene rings is 1. The van der Waals surface area contributed by atoms with Gasteiger partial charge in [0.2, 0.25) is 5.78 Å². The summed E-state index contributed by atoms with van der Waals surface area (Å²) in [5, 5.41) is 0. The summed E-state index contributed by atoms with van der Waals surface area (Å²) in [7, 11) is 0. The molecule has 1 spiro atoms. The Morgan fingerprint density at radius 3 is 2.78 bits per heavy atom. The highest BCUT2D eigenvalue weighted by Gasteiger charge is 2.47. The molecule has 1 aliphatic heterocycles. The number of halogens is 1. The van der Waals surface area contributed by atoms with Crippen molar-refractivity contribution in [2.45, 2.75) is 11.9 Å². The van der Waals surface area contributed by atoms with Crippen LogP contribution >= 0.6 is 15.9 Å². The number of carbonyl (C=O) groups excluding carboxylic acids is 1. The van der Waals surface area contributed by atoms with Gasteiger partial charge < -0.3 is 9.47 Å². The monoisotopic (exact) mass is 306 g/mol. The van der Waals surface area contributed by atoms with E-state index in [9.17, 15) is 4.79 Å². The summed E-state index contributed by atoms with van der Waals surface area (Å²) in [6, 6.07) is 9.76. The van der Waals surface area contributed by atoms with Gasteiger partial charge in [0.25, 0.3) is 5.79 Å². The maximum Gasteiger partial charge on any atom is 0.255 e. The molecule has 1 heterocycles. The molecule has 0 saturated carbocycles. The number of hydrogen-bond donors (Lipinski definition) is 0. The van der Waals surface area contributed by atoms with Gasteiger partial charge in [-0.25, -0.2) is 0 Å². The van der Waals surface area contributed by atoms with Crippen molar-refractivity contribution >= 4 is 21.7 Å². The van der Waals surface area contributed by atoms with E-state index in [0.717, 1.165) is 10.0 Å². The van der Waals surface area contributed by atoms with E-state index in [1.165, 1.54) is 6.08 Å². The van der Waals surface area contributed by atoms with Gasteiger partial charge in [-0.15, -0.1) is 0 Å². The Morgan fingerprint density at radius 2 is 2.00 bits per heavy atom. The highest BCUT2D eigenvalue weighted by Crippen LogP contribution is 2.38. The predicted molar refractivity (Wildman–Crippen MR) is 70.1 cm³/mol. The quantitative estimate of drug-likeness (QED) is 0.800. The lowest BCUT2D eigenvalue weighted by atomic mass is 10.1. The van der Waals surface area contributed by atoms with Crippen LogP contribution in [-0.4, -0.2) is 18.2 Å². The first-order valence-electron chi connectivity index (χ1n) is 5.67. The molecule has 92 valence electrons. The molecule has 3 rings (SSSR count). The number of hydrogen-bond acceptors (Lipinski definition) is 3. The molecule has 0 bridgehead atoms. The minimum absolute atomic E-state index is 0.177. The lowest BCUT2D eigenvalue weighted by Crippen LogP contribution is -2.38. The topological polar surface area (TPSA) is 35.5 Å². The Bertz CT molecular complexity index is 535. The molecule has 1 saturated heterocycles. The van der Waals surface area contributed by atoms with Crippen LogP contribution in [0, 0.1) is 0 Å². The summed E-state index contributed by atoms with van der Waals surface area (Å²) in [5.41, 5.74) is 1.02. The molecule has 0 unspecified atom stereocenters. The SMILES string of the molecule is O=C1C=CC(Br)=C[C@]12OC[C@H](c1ccccc1)O2. The van der Waals surface area contributed by atoms with Crippen LogP contribution in [0.2, 0.25) is 0 Å². The van der Waals surface area contributed by atoms with Crippen LogP contribution in [0.4, 0.5) is 0 Å². The fourth-order valence-electron chi connectivity index (χ4n) is 2.09. The van der Waals surface area contributed by atoms with Crippen LogP contribution in [0.3, 0.4) is 0 Å². The third-order valence-corrected chi connectivity index (χ3v) is 3.50. The molecular formula is C14H11BrO3. The highest BCUT2D eigenvalue weighted by molar-refractivity contribution is 9.11. The zero-order valence-electron chi connectivity index (χ0n) is 9.51. The largest absolute Gasteiger partial charge is 0.337 e. The Kier molecular flexibility index (Phi) is 2.93. The fourth-order valence-corrected chi connectivity index (χ4v) is 2.52. The molecular weight excluding hydrogens is 296 g/mol. The van der Waals surface area contributed by atoms with Gasteiger partial charge in [-0.1, -0.05) is 46.3 Å². The summed E-state index contributed by atoms with van der Waals surface area (Å²) in [5.74, 6) is -1.43. The summed E-state index contributed by atoms with van der Waals surface area (Å²) in [6.45, 7) is 0.375. The molecule has 3 nitrogen and oxygen atoms in total. The van der Waals surface area contributed by atoms with Crippen molar-refractivity contribution in [1.29, 1.82) is 0 Å². The highest BCUT2D eigenvalue weighted by atomic mass is 79.9. The standard InChI is InChI=1S/C14H11BrO3/c15-11-6-7-13(16)14(8-11)17-9-12(18-14)10-4-2-1-3-5-10/h1-8,12H,9H2/t12-,14-/m1/s1. The van der Waals surface area contributed by atoms with E-state index < -0.39 is 5.79 Å². The minimum Gasteiger partial charge on any atom is -0.337 e. The zero-order valence-corrected chi connectivity index (χ0v) is 11.1. The smallest absolute Gasteiger partial charge is 0.255 e. The van der Waals surface area contributed by atoms with Crippen LogP contribution in [0.25, 0.3) is 0 Å². The molecule has 4 heteroatoms. The molecule has 0 amide bonds. The molecule has 1 aromatic rings. The summed E-state index contributed by atoms with van der Waals surface area (Å²) in [4.78, 5) is 11.9. The molecule has 18 heavy (non-hydrogen) atoms. The van der Waals surface area contributed by atoms with Crippen molar-refractivity contribution < 1.29 is 14.3 Å². The zero-order chi connectivity index (χ0) is 12.6. The van der Waals surface area contributed by atoms with Crippen LogP contribution < -0.4 is 0 Å². The van der Waals surface area contributed by atoms with E-state index in [1.54, 1.807) is 12.2 Å². The van der Waals surface area contributed by atoms with Crippen LogP contribution in [-0.2, 0) is 14.3 Å². The van der Waals surface area contributed by atoms with Crippen molar-refractivity contribution in [1.82, 2.24) is 0 Å². The molecule has 2 atom stereocenters. The van der Waals surface area contributed by atoms with E-state index in [1.807, 2.05) is 30.3 Å². The molecule has 0 aromatic heterocycles. The Morgan fingerprint density at radius 1 is 1.22 bits per heavy atom. The third kappa shape index (κ3) is 1.96. The van der Waals surface area contributed by atoms with E-state index >= 15 is 0 Å². The predicted octanol–water partition coefficient (Wildman–Crippen LogP) is 2.89. The van der Waals surface area contributed by atoms with Gasteiger partial charge in [0.05, 0.1) is 6.61 Å². The summed E-state index contributed by atoms with van der Waals surface area (Å²) in [6.07, 6.45) is 4.62. The van der Waals surface area contributed by atoms with E-state index in [-0.39, 0.29) is 11.9 Å². The van der Waals surface area contributed by atoms with Crippen LogP contribution in [0.1, 0.15) is 11.7 Å². The number of allylic oxidation sites excluding steroid dienone is 2. The van der Waals surface area contributed by atoms with Gasteiger partial charge in [-0.05, 0) is 23.8 Å². The second-order valence-electron chi connectivity index (χ2n) is 4.22. The molecule has 0 radical (unpaired) electrons.